The second-order valence-electron chi connectivity index (χ2n) is 4.91. The molecule has 1 aliphatic heterocycles. The molecular weight excluding hydrogens is 212 g/mol. The summed E-state index contributed by atoms with van der Waals surface area (Å²) in [4.78, 5) is 4.81. The van der Waals surface area contributed by atoms with Crippen molar-refractivity contribution in [1.82, 2.24) is 4.90 Å². The SMILES string of the molecule is C[C@H](O)c1ccc(N2CCCN(C)CC2)cc1. The lowest BCUT2D eigenvalue weighted by Crippen LogP contribution is -2.28. The number of likely N-dealkylation sites (N-methyl/N-ethyl adjacent to an activating group) is 1. The molecule has 0 spiro atoms. The summed E-state index contributed by atoms with van der Waals surface area (Å²) >= 11 is 0. The Morgan fingerprint density at radius 2 is 1.76 bits per heavy atom. The molecule has 0 amide bonds. The summed E-state index contributed by atoms with van der Waals surface area (Å²) in [5, 5.41) is 9.48. The molecule has 0 radical (unpaired) electrons. The highest BCUT2D eigenvalue weighted by molar-refractivity contribution is 5.48. The molecule has 1 atom stereocenters. The van der Waals surface area contributed by atoms with Gasteiger partial charge < -0.3 is 14.9 Å². The van der Waals surface area contributed by atoms with Crippen LogP contribution in [0.1, 0.15) is 25.0 Å². The van der Waals surface area contributed by atoms with Crippen molar-refractivity contribution in [3.63, 3.8) is 0 Å². The molecule has 0 aromatic heterocycles. The molecule has 1 aromatic carbocycles. The van der Waals surface area contributed by atoms with Gasteiger partial charge in [-0.2, -0.15) is 0 Å². The zero-order chi connectivity index (χ0) is 12.3. The number of benzene rings is 1. The van der Waals surface area contributed by atoms with Crippen molar-refractivity contribution in [2.45, 2.75) is 19.4 Å². The van der Waals surface area contributed by atoms with Gasteiger partial charge in [0.05, 0.1) is 6.10 Å². The third-order valence-electron chi connectivity index (χ3n) is 3.46. The average molecular weight is 234 g/mol. The van der Waals surface area contributed by atoms with Crippen LogP contribution in [0.4, 0.5) is 5.69 Å². The van der Waals surface area contributed by atoms with Crippen molar-refractivity contribution < 1.29 is 5.11 Å². The van der Waals surface area contributed by atoms with Crippen molar-refractivity contribution in [2.75, 3.05) is 38.1 Å². The molecule has 3 nitrogen and oxygen atoms in total. The van der Waals surface area contributed by atoms with Crippen LogP contribution in [0.3, 0.4) is 0 Å². The molecule has 0 aliphatic carbocycles. The minimum absolute atomic E-state index is 0.376. The van der Waals surface area contributed by atoms with E-state index in [-0.39, 0.29) is 6.10 Å². The molecule has 0 unspecified atom stereocenters. The molecule has 3 heteroatoms. The monoisotopic (exact) mass is 234 g/mol. The van der Waals surface area contributed by atoms with E-state index < -0.39 is 0 Å². The molecule has 1 heterocycles. The van der Waals surface area contributed by atoms with E-state index in [1.807, 2.05) is 12.1 Å². The van der Waals surface area contributed by atoms with Gasteiger partial charge in [-0.15, -0.1) is 0 Å². The second-order valence-corrected chi connectivity index (χ2v) is 4.91. The summed E-state index contributed by atoms with van der Waals surface area (Å²) in [6.45, 7) is 6.32. The number of anilines is 1. The molecule has 1 N–H and O–H groups in total. The summed E-state index contributed by atoms with van der Waals surface area (Å²) in [7, 11) is 2.18. The first-order valence-electron chi connectivity index (χ1n) is 6.38. The molecular formula is C14H22N2O. The fourth-order valence-electron chi connectivity index (χ4n) is 2.27. The maximum atomic E-state index is 9.48. The van der Waals surface area contributed by atoms with E-state index in [0.717, 1.165) is 25.2 Å². The van der Waals surface area contributed by atoms with E-state index in [1.165, 1.54) is 18.7 Å². The van der Waals surface area contributed by atoms with E-state index in [4.69, 9.17) is 0 Å². The van der Waals surface area contributed by atoms with E-state index >= 15 is 0 Å². The molecule has 2 rings (SSSR count). The van der Waals surface area contributed by atoms with Gasteiger partial charge in [-0.1, -0.05) is 12.1 Å². The van der Waals surface area contributed by atoms with Crippen molar-refractivity contribution in [3.05, 3.63) is 29.8 Å². The van der Waals surface area contributed by atoms with Gasteiger partial charge in [0.25, 0.3) is 0 Å². The summed E-state index contributed by atoms with van der Waals surface area (Å²) in [6, 6.07) is 8.28. The summed E-state index contributed by atoms with van der Waals surface area (Å²) in [5.41, 5.74) is 2.25. The Bertz CT molecular complexity index is 348. The van der Waals surface area contributed by atoms with Gasteiger partial charge in [0.15, 0.2) is 0 Å². The minimum Gasteiger partial charge on any atom is -0.389 e. The van der Waals surface area contributed by atoms with Crippen LogP contribution in [0, 0.1) is 0 Å². The first kappa shape index (κ1) is 12.4. The van der Waals surface area contributed by atoms with Crippen molar-refractivity contribution in [3.8, 4) is 0 Å². The van der Waals surface area contributed by atoms with E-state index in [0.29, 0.717) is 0 Å². The fourth-order valence-corrected chi connectivity index (χ4v) is 2.27. The normalized spacial score (nSPS) is 20.1. The Balaban J connectivity index is 2.06. The number of nitrogens with zero attached hydrogens (tertiary/aromatic N) is 2. The van der Waals surface area contributed by atoms with Crippen LogP contribution in [0.2, 0.25) is 0 Å². The van der Waals surface area contributed by atoms with Crippen LogP contribution in [-0.2, 0) is 0 Å². The maximum Gasteiger partial charge on any atom is 0.0761 e. The molecule has 0 saturated carbocycles. The lowest BCUT2D eigenvalue weighted by molar-refractivity contribution is 0.199. The number of hydrogen-bond acceptors (Lipinski definition) is 3. The molecule has 1 aromatic rings. The molecule has 94 valence electrons. The van der Waals surface area contributed by atoms with Gasteiger partial charge in [0.2, 0.25) is 0 Å². The molecule has 1 aliphatic rings. The van der Waals surface area contributed by atoms with Crippen LogP contribution in [-0.4, -0.2) is 43.2 Å². The third-order valence-corrected chi connectivity index (χ3v) is 3.46. The van der Waals surface area contributed by atoms with Crippen LogP contribution in [0.5, 0.6) is 0 Å². The van der Waals surface area contributed by atoms with E-state index in [1.54, 1.807) is 6.92 Å². The van der Waals surface area contributed by atoms with Crippen molar-refractivity contribution >= 4 is 5.69 Å². The molecule has 17 heavy (non-hydrogen) atoms. The average Bonchev–Trinajstić information content (AvgIpc) is 2.54. The van der Waals surface area contributed by atoms with E-state index in [2.05, 4.69) is 29.0 Å². The number of rotatable bonds is 2. The highest BCUT2D eigenvalue weighted by Crippen LogP contribution is 2.20. The number of aliphatic hydroxyl groups excluding tert-OH is 1. The highest BCUT2D eigenvalue weighted by Gasteiger charge is 2.12. The summed E-state index contributed by atoms with van der Waals surface area (Å²) < 4.78 is 0. The largest absolute Gasteiger partial charge is 0.389 e. The zero-order valence-corrected chi connectivity index (χ0v) is 10.8. The Kier molecular flexibility index (Phi) is 4.02. The van der Waals surface area contributed by atoms with Crippen LogP contribution in [0.25, 0.3) is 0 Å². The van der Waals surface area contributed by atoms with Crippen molar-refractivity contribution in [1.29, 1.82) is 0 Å². The molecule has 0 bridgehead atoms. The minimum atomic E-state index is -0.376. The van der Waals surface area contributed by atoms with Gasteiger partial charge in [0, 0.05) is 25.3 Å². The van der Waals surface area contributed by atoms with Gasteiger partial charge >= 0.3 is 0 Å². The Morgan fingerprint density at radius 1 is 1.06 bits per heavy atom. The smallest absolute Gasteiger partial charge is 0.0761 e. The summed E-state index contributed by atoms with van der Waals surface area (Å²) in [5.74, 6) is 0. The standard InChI is InChI=1S/C14H22N2O/c1-12(17)13-4-6-14(7-5-13)16-9-3-8-15(2)10-11-16/h4-7,12,17H,3,8-11H2,1-2H3/t12-/m0/s1. The first-order valence-corrected chi connectivity index (χ1v) is 6.38. The van der Waals surface area contributed by atoms with Crippen LogP contribution < -0.4 is 4.90 Å². The predicted molar refractivity (Wildman–Crippen MR) is 71.4 cm³/mol. The maximum absolute atomic E-state index is 9.48. The lowest BCUT2D eigenvalue weighted by Gasteiger charge is -2.23. The van der Waals surface area contributed by atoms with E-state index in [9.17, 15) is 5.11 Å². The van der Waals surface area contributed by atoms with Crippen molar-refractivity contribution in [2.24, 2.45) is 0 Å². The van der Waals surface area contributed by atoms with Gasteiger partial charge in [-0.25, -0.2) is 0 Å². The fraction of sp³-hybridized carbons (Fsp3) is 0.571. The lowest BCUT2D eigenvalue weighted by atomic mass is 10.1. The number of aliphatic hydroxyl groups is 1. The second kappa shape index (κ2) is 5.52. The predicted octanol–water partition coefficient (Wildman–Crippen LogP) is 1.88. The summed E-state index contributed by atoms with van der Waals surface area (Å²) in [6.07, 6.45) is 0.841. The molecule has 1 saturated heterocycles. The van der Waals surface area contributed by atoms with Gasteiger partial charge in [0.1, 0.15) is 0 Å². The quantitative estimate of drug-likeness (QED) is 0.846. The van der Waals surface area contributed by atoms with Crippen LogP contribution in [0.15, 0.2) is 24.3 Å². The zero-order valence-electron chi connectivity index (χ0n) is 10.8. The highest BCUT2D eigenvalue weighted by atomic mass is 16.3. The van der Waals surface area contributed by atoms with Crippen LogP contribution >= 0.6 is 0 Å². The molecule has 1 fully saturated rings. The third kappa shape index (κ3) is 3.20. The van der Waals surface area contributed by atoms with Gasteiger partial charge in [-0.3, -0.25) is 0 Å². The Morgan fingerprint density at radius 3 is 2.41 bits per heavy atom. The first-order chi connectivity index (χ1) is 8.16. The Hall–Kier alpha value is -1.06. The topological polar surface area (TPSA) is 26.7 Å². The number of hydrogen-bond donors (Lipinski definition) is 1. The Labute approximate surface area is 104 Å². The van der Waals surface area contributed by atoms with Gasteiger partial charge in [-0.05, 0) is 44.6 Å².